The van der Waals surface area contributed by atoms with E-state index in [2.05, 4.69) is 23.3 Å². The van der Waals surface area contributed by atoms with E-state index >= 15 is 0 Å². The first-order valence-corrected chi connectivity index (χ1v) is 6.72. The molecule has 2 atom stereocenters. The van der Waals surface area contributed by atoms with Crippen LogP contribution >= 0.6 is 0 Å². The van der Waals surface area contributed by atoms with Crippen LogP contribution in [0, 0.1) is 5.92 Å². The highest BCUT2D eigenvalue weighted by molar-refractivity contribution is 5.98. The number of hydrogen-bond donors (Lipinski definition) is 2. The molecular formula is C15H19N3O. The quantitative estimate of drug-likeness (QED) is 0.830. The number of fused-ring (bicyclic) bond motifs is 1. The summed E-state index contributed by atoms with van der Waals surface area (Å²) < 4.78 is 5.44. The molecule has 1 saturated heterocycles. The number of hydrogen-bond acceptors (Lipinski definition) is 4. The maximum Gasteiger partial charge on any atom is 0.0630 e. The van der Waals surface area contributed by atoms with Crippen LogP contribution in [-0.4, -0.2) is 24.2 Å². The fourth-order valence-corrected chi connectivity index (χ4v) is 2.63. The van der Waals surface area contributed by atoms with Crippen molar-refractivity contribution >= 4 is 22.1 Å². The van der Waals surface area contributed by atoms with E-state index in [9.17, 15) is 0 Å². The summed E-state index contributed by atoms with van der Waals surface area (Å²) in [4.78, 5) is 4.12. The molecule has 0 bridgehead atoms. The summed E-state index contributed by atoms with van der Waals surface area (Å²) >= 11 is 0. The first-order valence-electron chi connectivity index (χ1n) is 6.72. The van der Waals surface area contributed by atoms with Gasteiger partial charge in [0.15, 0.2) is 0 Å². The highest BCUT2D eigenvalue weighted by Crippen LogP contribution is 2.30. The van der Waals surface area contributed by atoms with E-state index in [-0.39, 0.29) is 0 Å². The molecule has 0 spiro atoms. The topological polar surface area (TPSA) is 60.2 Å². The van der Waals surface area contributed by atoms with Crippen LogP contribution in [0.3, 0.4) is 0 Å². The number of aromatic nitrogens is 1. The van der Waals surface area contributed by atoms with Crippen molar-refractivity contribution in [2.24, 2.45) is 5.92 Å². The number of benzene rings is 1. The summed E-state index contributed by atoms with van der Waals surface area (Å²) in [5.74, 6) is 0.563. The van der Waals surface area contributed by atoms with Gasteiger partial charge in [-0.1, -0.05) is 6.07 Å². The van der Waals surface area contributed by atoms with E-state index in [1.54, 1.807) is 6.20 Å². The van der Waals surface area contributed by atoms with Gasteiger partial charge in [-0.2, -0.15) is 0 Å². The Labute approximate surface area is 113 Å². The van der Waals surface area contributed by atoms with Crippen molar-refractivity contribution in [1.82, 2.24) is 4.98 Å². The van der Waals surface area contributed by atoms with Crippen molar-refractivity contribution in [3.05, 3.63) is 30.6 Å². The molecule has 4 heteroatoms. The Bertz CT molecular complexity index is 579. The van der Waals surface area contributed by atoms with Crippen molar-refractivity contribution in [3.63, 3.8) is 0 Å². The van der Waals surface area contributed by atoms with E-state index in [1.807, 2.05) is 18.3 Å². The Morgan fingerprint density at radius 1 is 1.42 bits per heavy atom. The lowest BCUT2D eigenvalue weighted by Crippen LogP contribution is -2.26. The molecule has 1 aromatic heterocycles. The molecule has 19 heavy (non-hydrogen) atoms. The zero-order valence-electron chi connectivity index (χ0n) is 11.1. The second kappa shape index (κ2) is 5.05. The normalized spacial score (nSPS) is 20.6. The first kappa shape index (κ1) is 12.2. The molecule has 1 fully saturated rings. The summed E-state index contributed by atoms with van der Waals surface area (Å²) in [6, 6.07) is 6.41. The van der Waals surface area contributed by atoms with E-state index in [0.29, 0.717) is 12.0 Å². The van der Waals surface area contributed by atoms with Gasteiger partial charge in [-0.3, -0.25) is 4.98 Å². The monoisotopic (exact) mass is 257 g/mol. The minimum absolute atomic E-state index is 0.365. The van der Waals surface area contributed by atoms with Gasteiger partial charge < -0.3 is 15.8 Å². The van der Waals surface area contributed by atoms with Crippen molar-refractivity contribution in [2.75, 3.05) is 24.3 Å². The van der Waals surface area contributed by atoms with Crippen LogP contribution in [0.2, 0.25) is 0 Å². The highest BCUT2D eigenvalue weighted by Gasteiger charge is 2.22. The minimum atomic E-state index is 0.365. The third kappa shape index (κ3) is 2.36. The van der Waals surface area contributed by atoms with Crippen molar-refractivity contribution < 1.29 is 4.74 Å². The lowest BCUT2D eigenvalue weighted by Gasteiger charge is -2.22. The third-order valence-corrected chi connectivity index (χ3v) is 3.92. The molecule has 3 N–H and O–H groups in total. The highest BCUT2D eigenvalue weighted by atomic mass is 16.5. The van der Waals surface area contributed by atoms with Gasteiger partial charge in [0.1, 0.15) is 0 Å². The van der Waals surface area contributed by atoms with Crippen LogP contribution in [0.5, 0.6) is 0 Å². The smallest absolute Gasteiger partial charge is 0.0630 e. The first-order chi connectivity index (χ1) is 9.25. The molecule has 1 aliphatic rings. The lowest BCUT2D eigenvalue weighted by atomic mass is 10.00. The van der Waals surface area contributed by atoms with E-state index in [4.69, 9.17) is 10.5 Å². The van der Waals surface area contributed by atoms with E-state index < -0.39 is 0 Å². The van der Waals surface area contributed by atoms with Gasteiger partial charge in [-0.15, -0.1) is 0 Å². The zero-order chi connectivity index (χ0) is 13.2. The molecule has 0 amide bonds. The summed E-state index contributed by atoms with van der Waals surface area (Å²) in [7, 11) is 0. The molecule has 100 valence electrons. The number of nitrogen functional groups attached to an aromatic ring is 1. The van der Waals surface area contributed by atoms with Gasteiger partial charge in [0, 0.05) is 41.7 Å². The van der Waals surface area contributed by atoms with Crippen molar-refractivity contribution in [3.8, 4) is 0 Å². The van der Waals surface area contributed by atoms with Crippen molar-refractivity contribution in [2.45, 2.75) is 19.4 Å². The van der Waals surface area contributed by atoms with Crippen LogP contribution in [0.25, 0.3) is 10.8 Å². The maximum absolute atomic E-state index is 6.24. The molecule has 1 aromatic carbocycles. The number of nitrogens with one attached hydrogen (secondary N) is 1. The molecule has 3 rings (SSSR count). The van der Waals surface area contributed by atoms with Gasteiger partial charge in [-0.25, -0.2) is 0 Å². The largest absolute Gasteiger partial charge is 0.397 e. The summed E-state index contributed by atoms with van der Waals surface area (Å²) in [6.07, 6.45) is 4.73. The van der Waals surface area contributed by atoms with Gasteiger partial charge in [-0.05, 0) is 25.5 Å². The SMILES string of the molecule is CC(Nc1ccc2cnccc2c1N)C1CCOC1. The summed E-state index contributed by atoms with van der Waals surface area (Å²) in [6.45, 7) is 3.90. The van der Waals surface area contributed by atoms with Crippen LogP contribution in [-0.2, 0) is 4.74 Å². The number of nitrogens with zero attached hydrogens (tertiary/aromatic N) is 1. The Morgan fingerprint density at radius 3 is 3.11 bits per heavy atom. The Kier molecular flexibility index (Phi) is 3.25. The average Bonchev–Trinajstić information content (AvgIpc) is 2.96. The summed E-state index contributed by atoms with van der Waals surface area (Å²) in [5.41, 5.74) is 8.04. The number of rotatable bonds is 3. The molecular weight excluding hydrogens is 238 g/mol. The molecule has 0 saturated carbocycles. The van der Waals surface area contributed by atoms with Crippen LogP contribution in [0.1, 0.15) is 13.3 Å². The van der Waals surface area contributed by atoms with Crippen LogP contribution in [0.4, 0.5) is 11.4 Å². The minimum Gasteiger partial charge on any atom is -0.397 e. The van der Waals surface area contributed by atoms with Gasteiger partial charge in [0.05, 0.1) is 18.0 Å². The van der Waals surface area contributed by atoms with Gasteiger partial charge in [0.2, 0.25) is 0 Å². The summed E-state index contributed by atoms with van der Waals surface area (Å²) in [5, 5.41) is 5.64. The molecule has 4 nitrogen and oxygen atoms in total. The fraction of sp³-hybridized carbons (Fsp3) is 0.400. The molecule has 1 aliphatic heterocycles. The Balaban J connectivity index is 1.86. The Hall–Kier alpha value is -1.81. The fourth-order valence-electron chi connectivity index (χ4n) is 2.63. The maximum atomic E-state index is 6.24. The van der Waals surface area contributed by atoms with Gasteiger partial charge in [0.25, 0.3) is 0 Å². The van der Waals surface area contributed by atoms with Crippen LogP contribution < -0.4 is 11.1 Å². The van der Waals surface area contributed by atoms with E-state index in [0.717, 1.165) is 41.8 Å². The van der Waals surface area contributed by atoms with Gasteiger partial charge >= 0.3 is 0 Å². The predicted molar refractivity (Wildman–Crippen MR) is 78.2 cm³/mol. The molecule has 0 aliphatic carbocycles. The molecule has 0 radical (unpaired) electrons. The number of anilines is 2. The molecule has 2 unspecified atom stereocenters. The standard InChI is InChI=1S/C15H19N3O/c1-10(12-5-7-19-9-12)18-14-3-2-11-8-17-6-4-13(11)15(14)16/h2-4,6,8,10,12,18H,5,7,9,16H2,1H3. The third-order valence-electron chi connectivity index (χ3n) is 3.92. The average molecular weight is 257 g/mol. The number of pyridine rings is 1. The second-order valence-corrected chi connectivity index (χ2v) is 5.18. The number of nitrogens with two attached hydrogens (primary N) is 1. The van der Waals surface area contributed by atoms with Crippen molar-refractivity contribution in [1.29, 1.82) is 0 Å². The van der Waals surface area contributed by atoms with E-state index in [1.165, 1.54) is 0 Å². The number of ether oxygens (including phenoxy) is 1. The lowest BCUT2D eigenvalue weighted by molar-refractivity contribution is 0.183. The zero-order valence-corrected chi connectivity index (χ0v) is 11.1. The van der Waals surface area contributed by atoms with Crippen LogP contribution in [0.15, 0.2) is 30.6 Å². The second-order valence-electron chi connectivity index (χ2n) is 5.18. The molecule has 2 heterocycles. The Morgan fingerprint density at radius 2 is 2.32 bits per heavy atom. The predicted octanol–water partition coefficient (Wildman–Crippen LogP) is 2.65. The molecule has 2 aromatic rings.